The van der Waals surface area contributed by atoms with Gasteiger partial charge in [0.15, 0.2) is 0 Å². The van der Waals surface area contributed by atoms with Gasteiger partial charge in [0.05, 0.1) is 18.6 Å². The molecule has 0 unspecified atom stereocenters. The molecule has 0 heterocycles. The van der Waals surface area contributed by atoms with Crippen molar-refractivity contribution < 1.29 is 17.9 Å². The summed E-state index contributed by atoms with van der Waals surface area (Å²) in [5.41, 5.74) is 3.76. The molecular weight excluding hydrogens is 436 g/mol. The van der Waals surface area contributed by atoms with Crippen LogP contribution in [0.15, 0.2) is 77.7 Å². The first-order valence-corrected chi connectivity index (χ1v) is 12.1. The Morgan fingerprint density at radius 2 is 1.52 bits per heavy atom. The Kier molecular flexibility index (Phi) is 7.89. The second-order valence-corrected chi connectivity index (χ2v) is 10.1. The molecule has 3 aromatic rings. The van der Waals surface area contributed by atoms with Crippen molar-refractivity contribution in [2.24, 2.45) is 0 Å². The standard InChI is InChI=1S/C26H30N2O4S/c1-20-8-14-25(15-9-20)33(30,31)28(18-23-7-5-6-21(2)16-23)19-26(29)27(3)17-22-10-12-24(32-4)13-11-22/h5-16H,17-19H2,1-4H3. The van der Waals surface area contributed by atoms with Crippen LogP contribution in [0.1, 0.15) is 22.3 Å². The number of rotatable bonds is 9. The third-order valence-corrected chi connectivity index (χ3v) is 7.22. The van der Waals surface area contributed by atoms with Crippen LogP contribution in [0.2, 0.25) is 0 Å². The molecule has 0 aromatic heterocycles. The zero-order chi connectivity index (χ0) is 24.0. The molecule has 33 heavy (non-hydrogen) atoms. The molecule has 0 aliphatic rings. The smallest absolute Gasteiger partial charge is 0.243 e. The summed E-state index contributed by atoms with van der Waals surface area (Å²) in [5, 5.41) is 0. The van der Waals surface area contributed by atoms with Crippen molar-refractivity contribution in [3.8, 4) is 5.75 Å². The number of hydrogen-bond donors (Lipinski definition) is 0. The average Bonchev–Trinajstić information content (AvgIpc) is 2.79. The van der Waals surface area contributed by atoms with Gasteiger partial charge in [-0.3, -0.25) is 4.79 Å². The summed E-state index contributed by atoms with van der Waals surface area (Å²) >= 11 is 0. The summed E-state index contributed by atoms with van der Waals surface area (Å²) in [6.45, 7) is 4.08. The molecule has 0 saturated heterocycles. The lowest BCUT2D eigenvalue weighted by Gasteiger charge is -2.25. The van der Waals surface area contributed by atoms with Gasteiger partial charge in [0.25, 0.3) is 0 Å². The van der Waals surface area contributed by atoms with Gasteiger partial charge in [0.1, 0.15) is 5.75 Å². The highest BCUT2D eigenvalue weighted by Crippen LogP contribution is 2.20. The number of sulfonamides is 1. The van der Waals surface area contributed by atoms with Crippen molar-refractivity contribution >= 4 is 15.9 Å². The molecule has 3 rings (SSSR count). The molecule has 0 saturated carbocycles. The number of carbonyl (C=O) groups is 1. The van der Waals surface area contributed by atoms with E-state index in [0.717, 1.165) is 28.0 Å². The molecule has 7 heteroatoms. The van der Waals surface area contributed by atoms with Gasteiger partial charge in [-0.05, 0) is 49.2 Å². The molecule has 0 spiro atoms. The normalized spacial score (nSPS) is 11.4. The number of nitrogens with zero attached hydrogens (tertiary/aromatic N) is 2. The van der Waals surface area contributed by atoms with E-state index in [1.54, 1.807) is 38.4 Å². The molecule has 0 fully saturated rings. The highest BCUT2D eigenvalue weighted by atomic mass is 32.2. The van der Waals surface area contributed by atoms with E-state index in [2.05, 4.69) is 0 Å². The number of aryl methyl sites for hydroxylation is 2. The maximum Gasteiger partial charge on any atom is 0.243 e. The highest BCUT2D eigenvalue weighted by Gasteiger charge is 2.28. The third kappa shape index (κ3) is 6.43. The van der Waals surface area contributed by atoms with Crippen LogP contribution in [0.5, 0.6) is 5.75 Å². The molecule has 0 bridgehead atoms. The maximum atomic E-state index is 13.5. The van der Waals surface area contributed by atoms with Crippen molar-refractivity contribution in [1.29, 1.82) is 0 Å². The van der Waals surface area contributed by atoms with Crippen LogP contribution in [0.25, 0.3) is 0 Å². The van der Waals surface area contributed by atoms with Gasteiger partial charge < -0.3 is 9.64 Å². The van der Waals surface area contributed by atoms with Gasteiger partial charge in [-0.15, -0.1) is 0 Å². The van der Waals surface area contributed by atoms with Crippen LogP contribution >= 0.6 is 0 Å². The predicted octanol–water partition coefficient (Wildman–Crippen LogP) is 4.16. The molecule has 0 aliphatic carbocycles. The van der Waals surface area contributed by atoms with Crippen LogP contribution in [0.4, 0.5) is 0 Å². The fourth-order valence-electron chi connectivity index (χ4n) is 3.46. The average molecular weight is 467 g/mol. The monoisotopic (exact) mass is 466 g/mol. The summed E-state index contributed by atoms with van der Waals surface area (Å²) in [6, 6.07) is 21.8. The largest absolute Gasteiger partial charge is 0.497 e. The van der Waals surface area contributed by atoms with E-state index in [4.69, 9.17) is 4.74 Å². The zero-order valence-electron chi connectivity index (χ0n) is 19.5. The minimum absolute atomic E-state index is 0.111. The number of benzene rings is 3. The van der Waals surface area contributed by atoms with Gasteiger partial charge in [0, 0.05) is 20.1 Å². The van der Waals surface area contributed by atoms with Crippen molar-refractivity contribution in [2.45, 2.75) is 31.8 Å². The van der Waals surface area contributed by atoms with Crippen molar-refractivity contribution in [2.75, 3.05) is 20.7 Å². The molecule has 3 aromatic carbocycles. The Morgan fingerprint density at radius 1 is 0.848 bits per heavy atom. The Morgan fingerprint density at radius 3 is 2.12 bits per heavy atom. The van der Waals surface area contributed by atoms with Gasteiger partial charge in [-0.25, -0.2) is 8.42 Å². The SMILES string of the molecule is COc1ccc(CN(C)C(=O)CN(Cc2cccc(C)c2)S(=O)(=O)c2ccc(C)cc2)cc1. The number of hydrogen-bond acceptors (Lipinski definition) is 4. The van der Waals surface area contributed by atoms with E-state index in [1.165, 1.54) is 9.21 Å². The number of carbonyl (C=O) groups excluding carboxylic acids is 1. The number of amides is 1. The van der Waals surface area contributed by atoms with Crippen molar-refractivity contribution in [3.05, 3.63) is 95.1 Å². The van der Waals surface area contributed by atoms with Crippen LogP contribution in [0.3, 0.4) is 0 Å². The van der Waals surface area contributed by atoms with E-state index >= 15 is 0 Å². The van der Waals surface area contributed by atoms with Gasteiger partial charge in [-0.2, -0.15) is 4.31 Å². The van der Waals surface area contributed by atoms with Crippen LogP contribution in [-0.2, 0) is 27.9 Å². The summed E-state index contributed by atoms with van der Waals surface area (Å²) in [7, 11) is -0.594. The van der Waals surface area contributed by atoms with Crippen LogP contribution < -0.4 is 4.74 Å². The fraction of sp³-hybridized carbons (Fsp3) is 0.269. The van der Waals surface area contributed by atoms with Crippen LogP contribution in [0, 0.1) is 13.8 Å². The fourth-order valence-corrected chi connectivity index (χ4v) is 4.84. The first-order valence-electron chi connectivity index (χ1n) is 10.7. The predicted molar refractivity (Wildman–Crippen MR) is 129 cm³/mol. The minimum atomic E-state index is -3.87. The Balaban J connectivity index is 1.83. The second kappa shape index (κ2) is 10.6. The molecular formula is C26H30N2O4S. The molecule has 0 N–H and O–H groups in total. The minimum Gasteiger partial charge on any atom is -0.497 e. The second-order valence-electron chi connectivity index (χ2n) is 8.17. The van der Waals surface area contributed by atoms with E-state index in [0.29, 0.717) is 6.54 Å². The molecule has 0 aliphatic heterocycles. The van der Waals surface area contributed by atoms with E-state index in [-0.39, 0.29) is 23.9 Å². The lowest BCUT2D eigenvalue weighted by atomic mass is 10.1. The lowest BCUT2D eigenvalue weighted by Crippen LogP contribution is -2.40. The zero-order valence-corrected chi connectivity index (χ0v) is 20.3. The highest BCUT2D eigenvalue weighted by molar-refractivity contribution is 7.89. The summed E-state index contributed by atoms with van der Waals surface area (Å²) < 4.78 is 33.3. The Bertz CT molecular complexity index is 1190. The Hall–Kier alpha value is -3.16. The number of likely N-dealkylation sites (N-methyl/N-ethyl adjacent to an activating group) is 1. The topological polar surface area (TPSA) is 66.9 Å². The lowest BCUT2D eigenvalue weighted by molar-refractivity contribution is -0.130. The molecule has 1 amide bonds. The quantitative estimate of drug-likeness (QED) is 0.475. The first-order chi connectivity index (χ1) is 15.7. The molecule has 0 radical (unpaired) electrons. The van der Waals surface area contributed by atoms with Gasteiger partial charge in [0.2, 0.25) is 15.9 Å². The summed E-state index contributed by atoms with van der Waals surface area (Å²) in [6.07, 6.45) is 0. The first kappa shape index (κ1) is 24.5. The molecule has 174 valence electrons. The Labute approximate surface area is 196 Å². The van der Waals surface area contributed by atoms with Gasteiger partial charge in [-0.1, -0.05) is 59.7 Å². The van der Waals surface area contributed by atoms with E-state index < -0.39 is 10.0 Å². The van der Waals surface area contributed by atoms with Crippen molar-refractivity contribution in [3.63, 3.8) is 0 Å². The summed E-state index contributed by atoms with van der Waals surface area (Å²) in [5.74, 6) is 0.454. The molecule has 6 nitrogen and oxygen atoms in total. The maximum absolute atomic E-state index is 13.5. The van der Waals surface area contributed by atoms with E-state index in [1.807, 2.05) is 62.4 Å². The van der Waals surface area contributed by atoms with Gasteiger partial charge >= 0.3 is 0 Å². The van der Waals surface area contributed by atoms with Crippen LogP contribution in [-0.4, -0.2) is 44.2 Å². The van der Waals surface area contributed by atoms with Crippen molar-refractivity contribution in [1.82, 2.24) is 9.21 Å². The van der Waals surface area contributed by atoms with E-state index in [9.17, 15) is 13.2 Å². The number of ether oxygens (including phenoxy) is 1. The number of methoxy groups -OCH3 is 1. The third-order valence-electron chi connectivity index (χ3n) is 5.42. The summed E-state index contributed by atoms with van der Waals surface area (Å²) in [4.78, 5) is 14.8. The molecule has 0 atom stereocenters.